The standard InChI is InChI=1S/C28H41N3O2/c1-6-19-8-10-25(30-26(19)31-14-11-21(17-31)29-16-22(33)18-32)20-7-9-23-24(15-20)28(4,5)13-12-27(23,2)3/h7-10,15,21-22,29,32-33H,6,11-14,16-18H2,1-5H3. The van der Waals surface area contributed by atoms with E-state index in [0.717, 1.165) is 37.4 Å². The van der Waals surface area contributed by atoms with Gasteiger partial charge in [-0.15, -0.1) is 0 Å². The topological polar surface area (TPSA) is 68.6 Å². The van der Waals surface area contributed by atoms with E-state index in [1.54, 1.807) is 0 Å². The van der Waals surface area contributed by atoms with Crippen molar-refractivity contribution in [2.75, 3.05) is 31.1 Å². The first-order chi connectivity index (χ1) is 15.6. The SMILES string of the molecule is CCc1ccc(-c2ccc3c(c2)C(C)(C)CCC3(C)C)nc1N1CCC(NCC(O)CO)C1. The van der Waals surface area contributed by atoms with Crippen molar-refractivity contribution in [1.82, 2.24) is 10.3 Å². The van der Waals surface area contributed by atoms with Gasteiger partial charge in [0, 0.05) is 31.2 Å². The third kappa shape index (κ3) is 4.96. The normalized spacial score (nSPS) is 22.3. The number of aromatic nitrogens is 1. The Bertz CT molecular complexity index is 985. The lowest BCUT2D eigenvalue weighted by Crippen LogP contribution is -2.39. The Hall–Kier alpha value is -1.95. The molecule has 1 fully saturated rings. The van der Waals surface area contributed by atoms with Crippen LogP contribution < -0.4 is 10.2 Å². The minimum absolute atomic E-state index is 0.181. The summed E-state index contributed by atoms with van der Waals surface area (Å²) in [6.07, 6.45) is 3.68. The van der Waals surface area contributed by atoms with E-state index >= 15 is 0 Å². The molecular formula is C28H41N3O2. The molecule has 33 heavy (non-hydrogen) atoms. The molecule has 1 aromatic carbocycles. The van der Waals surface area contributed by atoms with Crippen LogP contribution in [-0.4, -0.2) is 53.6 Å². The Balaban J connectivity index is 1.62. The zero-order chi connectivity index (χ0) is 23.8. The molecule has 5 nitrogen and oxygen atoms in total. The number of aryl methyl sites for hydroxylation is 1. The van der Waals surface area contributed by atoms with Gasteiger partial charge in [-0.05, 0) is 65.3 Å². The molecule has 5 heteroatoms. The minimum Gasteiger partial charge on any atom is -0.394 e. The van der Waals surface area contributed by atoms with Crippen LogP contribution in [0.25, 0.3) is 11.3 Å². The van der Waals surface area contributed by atoms with Crippen LogP contribution in [0.2, 0.25) is 0 Å². The summed E-state index contributed by atoms with van der Waals surface area (Å²) in [7, 11) is 0. The molecule has 1 aromatic heterocycles. The summed E-state index contributed by atoms with van der Waals surface area (Å²) in [4.78, 5) is 7.56. The molecule has 4 rings (SSSR count). The predicted octanol–water partition coefficient (Wildman–Crippen LogP) is 4.18. The second-order valence-corrected chi connectivity index (χ2v) is 11.2. The highest BCUT2D eigenvalue weighted by molar-refractivity contribution is 5.66. The summed E-state index contributed by atoms with van der Waals surface area (Å²) in [5.41, 5.74) is 6.85. The van der Waals surface area contributed by atoms with Gasteiger partial charge in [-0.25, -0.2) is 4.98 Å². The number of rotatable bonds is 7. The van der Waals surface area contributed by atoms with E-state index < -0.39 is 6.10 Å². The predicted molar refractivity (Wildman–Crippen MR) is 136 cm³/mol. The van der Waals surface area contributed by atoms with Crippen LogP contribution in [0.5, 0.6) is 0 Å². The van der Waals surface area contributed by atoms with E-state index in [-0.39, 0.29) is 17.4 Å². The van der Waals surface area contributed by atoms with Crippen LogP contribution in [0.4, 0.5) is 5.82 Å². The van der Waals surface area contributed by atoms with Gasteiger partial charge in [0.05, 0.1) is 18.4 Å². The van der Waals surface area contributed by atoms with E-state index in [9.17, 15) is 5.11 Å². The molecule has 2 unspecified atom stereocenters. The first kappa shape index (κ1) is 24.2. The minimum atomic E-state index is -0.704. The number of aliphatic hydroxyl groups excluding tert-OH is 2. The first-order valence-electron chi connectivity index (χ1n) is 12.6. The molecule has 180 valence electrons. The number of aliphatic hydroxyl groups is 2. The zero-order valence-electron chi connectivity index (χ0n) is 21.0. The zero-order valence-corrected chi connectivity index (χ0v) is 21.0. The number of benzene rings is 1. The van der Waals surface area contributed by atoms with Crippen LogP contribution in [-0.2, 0) is 17.3 Å². The average Bonchev–Trinajstić information content (AvgIpc) is 3.29. The molecule has 2 heterocycles. The lowest BCUT2D eigenvalue weighted by atomic mass is 9.63. The lowest BCUT2D eigenvalue weighted by molar-refractivity contribution is 0.0924. The number of fused-ring (bicyclic) bond motifs is 1. The van der Waals surface area contributed by atoms with Gasteiger partial charge in [-0.3, -0.25) is 0 Å². The second-order valence-electron chi connectivity index (χ2n) is 11.2. The van der Waals surface area contributed by atoms with E-state index in [2.05, 4.69) is 75.2 Å². The Labute approximate surface area is 199 Å². The van der Waals surface area contributed by atoms with Gasteiger partial charge >= 0.3 is 0 Å². The third-order valence-corrected chi connectivity index (χ3v) is 7.83. The molecule has 1 saturated heterocycles. The Kier molecular flexibility index (Phi) is 6.86. The number of hydrogen-bond donors (Lipinski definition) is 3. The molecule has 1 aliphatic heterocycles. The maximum absolute atomic E-state index is 9.66. The monoisotopic (exact) mass is 451 g/mol. The Morgan fingerprint density at radius 3 is 2.52 bits per heavy atom. The fraction of sp³-hybridized carbons (Fsp3) is 0.607. The van der Waals surface area contributed by atoms with E-state index in [4.69, 9.17) is 10.1 Å². The van der Waals surface area contributed by atoms with Gasteiger partial charge in [0.25, 0.3) is 0 Å². The summed E-state index contributed by atoms with van der Waals surface area (Å²) in [6.45, 7) is 13.7. The van der Waals surface area contributed by atoms with Crippen molar-refractivity contribution in [3.8, 4) is 11.3 Å². The molecular weight excluding hydrogens is 410 g/mol. The summed E-state index contributed by atoms with van der Waals surface area (Å²) >= 11 is 0. The van der Waals surface area contributed by atoms with Crippen LogP contribution in [0.15, 0.2) is 30.3 Å². The van der Waals surface area contributed by atoms with Crippen LogP contribution in [0, 0.1) is 0 Å². The first-order valence-corrected chi connectivity index (χ1v) is 12.6. The molecule has 0 saturated carbocycles. The van der Waals surface area contributed by atoms with Crippen molar-refractivity contribution in [3.63, 3.8) is 0 Å². The van der Waals surface area contributed by atoms with Crippen molar-refractivity contribution in [2.24, 2.45) is 0 Å². The molecule has 0 bridgehead atoms. The van der Waals surface area contributed by atoms with Gasteiger partial charge in [0.1, 0.15) is 5.82 Å². The van der Waals surface area contributed by atoms with Gasteiger partial charge in [0.2, 0.25) is 0 Å². The van der Waals surface area contributed by atoms with Crippen LogP contribution >= 0.6 is 0 Å². The number of nitrogens with one attached hydrogen (secondary N) is 1. The average molecular weight is 452 g/mol. The third-order valence-electron chi connectivity index (χ3n) is 7.83. The molecule has 2 atom stereocenters. The molecule has 0 amide bonds. The highest BCUT2D eigenvalue weighted by atomic mass is 16.3. The molecule has 0 spiro atoms. The fourth-order valence-electron chi connectivity index (χ4n) is 5.42. The number of anilines is 1. The van der Waals surface area contributed by atoms with Gasteiger partial charge in [0.15, 0.2) is 0 Å². The molecule has 2 aliphatic rings. The molecule has 0 radical (unpaired) electrons. The largest absolute Gasteiger partial charge is 0.394 e. The second kappa shape index (κ2) is 9.36. The van der Waals surface area contributed by atoms with Gasteiger partial charge < -0.3 is 20.4 Å². The van der Waals surface area contributed by atoms with Crippen LogP contribution in [0.3, 0.4) is 0 Å². The van der Waals surface area contributed by atoms with Crippen molar-refractivity contribution in [2.45, 2.75) is 83.3 Å². The van der Waals surface area contributed by atoms with E-state index in [1.807, 2.05) is 0 Å². The quantitative estimate of drug-likeness (QED) is 0.589. The smallest absolute Gasteiger partial charge is 0.132 e. The van der Waals surface area contributed by atoms with Crippen molar-refractivity contribution in [1.29, 1.82) is 0 Å². The maximum Gasteiger partial charge on any atom is 0.132 e. The summed E-state index contributed by atoms with van der Waals surface area (Å²) in [5, 5.41) is 22.1. The lowest BCUT2D eigenvalue weighted by Gasteiger charge is -2.42. The number of pyridine rings is 1. The van der Waals surface area contributed by atoms with E-state index in [1.165, 1.54) is 35.1 Å². The van der Waals surface area contributed by atoms with Gasteiger partial charge in [-0.2, -0.15) is 0 Å². The fourth-order valence-corrected chi connectivity index (χ4v) is 5.42. The van der Waals surface area contributed by atoms with Crippen molar-refractivity contribution >= 4 is 5.82 Å². The highest BCUT2D eigenvalue weighted by Crippen LogP contribution is 2.46. The van der Waals surface area contributed by atoms with Crippen molar-refractivity contribution < 1.29 is 10.2 Å². The van der Waals surface area contributed by atoms with Crippen molar-refractivity contribution in [3.05, 3.63) is 47.0 Å². The van der Waals surface area contributed by atoms with E-state index in [0.29, 0.717) is 12.6 Å². The summed E-state index contributed by atoms with van der Waals surface area (Å²) < 4.78 is 0. The highest BCUT2D eigenvalue weighted by Gasteiger charge is 2.37. The number of nitrogens with zero attached hydrogens (tertiary/aromatic N) is 2. The molecule has 3 N–H and O–H groups in total. The summed E-state index contributed by atoms with van der Waals surface area (Å²) in [6, 6.07) is 11.7. The Morgan fingerprint density at radius 2 is 1.82 bits per heavy atom. The molecule has 2 aromatic rings. The molecule has 1 aliphatic carbocycles. The number of hydrogen-bond acceptors (Lipinski definition) is 5. The summed E-state index contributed by atoms with van der Waals surface area (Å²) in [5.74, 6) is 1.08. The Morgan fingerprint density at radius 1 is 1.09 bits per heavy atom. The van der Waals surface area contributed by atoms with Gasteiger partial charge in [-0.1, -0.05) is 52.8 Å². The van der Waals surface area contributed by atoms with Crippen LogP contribution in [0.1, 0.15) is 70.6 Å². The maximum atomic E-state index is 9.66.